The predicted octanol–water partition coefficient (Wildman–Crippen LogP) is 3.02. The maximum atomic E-state index is 10.3. The third-order valence-electron chi connectivity index (χ3n) is 3.49. The molecule has 0 aromatic heterocycles. The molecule has 0 bridgehead atoms. The summed E-state index contributed by atoms with van der Waals surface area (Å²) in [6.07, 6.45) is 0. The summed E-state index contributed by atoms with van der Waals surface area (Å²) in [6, 6.07) is 12.0. The molecule has 0 radical (unpaired) electrons. The largest absolute Gasteiger partial charge is 0.508 e. The lowest BCUT2D eigenvalue weighted by Crippen LogP contribution is -2.06. The van der Waals surface area contributed by atoms with E-state index in [1.807, 2.05) is 0 Å². The Morgan fingerprint density at radius 2 is 0.720 bits per heavy atom. The summed E-state index contributed by atoms with van der Waals surface area (Å²) in [4.78, 5) is 1.04. The lowest BCUT2D eigenvalue weighted by Gasteiger charge is -2.12. The molecule has 6 nitrogen and oxygen atoms in total. The molecule has 3 aromatic carbocycles. The Balaban J connectivity index is 2.27. The van der Waals surface area contributed by atoms with Crippen molar-refractivity contribution < 1.29 is 30.6 Å². The Hall–Kier alpha value is -3.19. The van der Waals surface area contributed by atoms with Crippen molar-refractivity contribution in [1.82, 2.24) is 0 Å². The Morgan fingerprint density at radius 1 is 0.440 bits per heavy atom. The minimum Gasteiger partial charge on any atom is -0.508 e. The van der Waals surface area contributed by atoms with Crippen molar-refractivity contribution in [2.45, 2.75) is 14.7 Å². The number of phenols is 6. The summed E-state index contributed by atoms with van der Waals surface area (Å²) >= 11 is 0. The van der Waals surface area contributed by atoms with Crippen LogP contribution in [0.5, 0.6) is 34.5 Å². The molecule has 0 aliphatic heterocycles. The van der Waals surface area contributed by atoms with Crippen LogP contribution in [-0.2, 0) is 10.9 Å². The lowest BCUT2D eigenvalue weighted by molar-refractivity contribution is 0.438. The van der Waals surface area contributed by atoms with Gasteiger partial charge in [0.15, 0.2) is 17.2 Å². The minimum atomic E-state index is -1.16. The highest BCUT2D eigenvalue weighted by Crippen LogP contribution is 2.44. The highest BCUT2D eigenvalue weighted by atomic mass is 32.2. The van der Waals surface area contributed by atoms with Crippen molar-refractivity contribution in [2.24, 2.45) is 0 Å². The Kier molecular flexibility index (Phi) is 4.24. The van der Waals surface area contributed by atoms with Crippen LogP contribution in [0.1, 0.15) is 0 Å². The van der Waals surface area contributed by atoms with Gasteiger partial charge in [0, 0.05) is 36.4 Å². The SMILES string of the molecule is Oc1ccc([S+](c2ccc(O)cc2O)c2ccc(O)cc2O)c(O)c1. The van der Waals surface area contributed by atoms with Gasteiger partial charge in [-0.15, -0.1) is 0 Å². The molecule has 128 valence electrons. The first-order valence-electron chi connectivity index (χ1n) is 7.17. The quantitative estimate of drug-likeness (QED) is 0.400. The molecule has 0 aliphatic rings. The van der Waals surface area contributed by atoms with Crippen LogP contribution in [0.15, 0.2) is 69.3 Å². The molecule has 25 heavy (non-hydrogen) atoms. The average Bonchev–Trinajstić information content (AvgIpc) is 2.52. The number of hydrogen-bond donors (Lipinski definition) is 6. The highest BCUT2D eigenvalue weighted by molar-refractivity contribution is 7.97. The van der Waals surface area contributed by atoms with E-state index in [0.29, 0.717) is 14.7 Å². The molecule has 0 saturated heterocycles. The molecule has 6 N–H and O–H groups in total. The van der Waals surface area contributed by atoms with E-state index in [-0.39, 0.29) is 34.5 Å². The van der Waals surface area contributed by atoms with Crippen molar-refractivity contribution >= 4 is 10.9 Å². The van der Waals surface area contributed by atoms with Crippen LogP contribution < -0.4 is 0 Å². The molecular weight excluding hydrogens is 344 g/mol. The van der Waals surface area contributed by atoms with Gasteiger partial charge in [0.05, 0.1) is 0 Å². The third-order valence-corrected chi connectivity index (χ3v) is 5.84. The van der Waals surface area contributed by atoms with Crippen LogP contribution in [0.3, 0.4) is 0 Å². The molecule has 0 heterocycles. The van der Waals surface area contributed by atoms with Crippen molar-refractivity contribution in [3.63, 3.8) is 0 Å². The average molecular weight is 359 g/mol. The maximum absolute atomic E-state index is 10.3. The van der Waals surface area contributed by atoms with Gasteiger partial charge in [-0.05, 0) is 18.2 Å². The van der Waals surface area contributed by atoms with E-state index in [1.54, 1.807) is 0 Å². The lowest BCUT2D eigenvalue weighted by atomic mass is 10.3. The number of benzene rings is 3. The second-order valence-electron chi connectivity index (χ2n) is 5.26. The van der Waals surface area contributed by atoms with Crippen molar-refractivity contribution in [3.05, 3.63) is 54.6 Å². The van der Waals surface area contributed by atoms with Gasteiger partial charge in [0.25, 0.3) is 0 Å². The molecule has 0 amide bonds. The molecule has 7 heteroatoms. The second kappa shape index (κ2) is 6.37. The predicted molar refractivity (Wildman–Crippen MR) is 91.5 cm³/mol. The zero-order chi connectivity index (χ0) is 18.1. The molecule has 0 fully saturated rings. The number of aromatic hydroxyl groups is 6. The van der Waals surface area contributed by atoms with E-state index in [0.717, 1.165) is 18.2 Å². The number of hydrogen-bond acceptors (Lipinski definition) is 6. The van der Waals surface area contributed by atoms with Crippen LogP contribution in [0.4, 0.5) is 0 Å². The summed E-state index contributed by atoms with van der Waals surface area (Å²) < 4.78 is 0. The van der Waals surface area contributed by atoms with Crippen LogP contribution in [0.25, 0.3) is 0 Å². The smallest absolute Gasteiger partial charge is 0.208 e. The number of rotatable bonds is 3. The van der Waals surface area contributed by atoms with E-state index in [1.165, 1.54) is 36.4 Å². The van der Waals surface area contributed by atoms with Crippen LogP contribution in [0, 0.1) is 0 Å². The summed E-state index contributed by atoms with van der Waals surface area (Å²) in [7, 11) is -1.16. The molecule has 0 spiro atoms. The van der Waals surface area contributed by atoms with Gasteiger partial charge >= 0.3 is 0 Å². The highest BCUT2D eigenvalue weighted by Gasteiger charge is 2.37. The topological polar surface area (TPSA) is 121 Å². The van der Waals surface area contributed by atoms with E-state index in [4.69, 9.17) is 0 Å². The van der Waals surface area contributed by atoms with E-state index >= 15 is 0 Å². The summed E-state index contributed by atoms with van der Waals surface area (Å²) in [5.41, 5.74) is 0. The molecule has 3 rings (SSSR count). The molecule has 0 aliphatic carbocycles. The molecule has 0 unspecified atom stereocenters. The van der Waals surface area contributed by atoms with E-state index in [9.17, 15) is 30.6 Å². The van der Waals surface area contributed by atoms with Crippen LogP contribution in [0.2, 0.25) is 0 Å². The van der Waals surface area contributed by atoms with Crippen LogP contribution >= 0.6 is 0 Å². The fraction of sp³-hybridized carbons (Fsp3) is 0. The fourth-order valence-corrected chi connectivity index (χ4v) is 4.52. The van der Waals surface area contributed by atoms with Gasteiger partial charge in [-0.3, -0.25) is 0 Å². The zero-order valence-corrected chi connectivity index (χ0v) is 13.6. The standard InChI is InChI=1S/C18H14O6S/c19-10-1-4-16(13(22)7-10)25(17-5-2-11(20)8-14(17)23)18-6-3-12(21)9-15(18)24/h1-9H,(H5-,19,20,21,22,23,24)/p+1. The van der Waals surface area contributed by atoms with Gasteiger partial charge < -0.3 is 30.6 Å². The summed E-state index contributed by atoms with van der Waals surface area (Å²) in [6.45, 7) is 0. The van der Waals surface area contributed by atoms with Crippen molar-refractivity contribution in [3.8, 4) is 34.5 Å². The van der Waals surface area contributed by atoms with E-state index in [2.05, 4.69) is 0 Å². The first kappa shape index (κ1) is 16.7. The van der Waals surface area contributed by atoms with Crippen LogP contribution in [-0.4, -0.2) is 30.6 Å². The van der Waals surface area contributed by atoms with Gasteiger partial charge in [-0.1, -0.05) is 0 Å². The van der Waals surface area contributed by atoms with Gasteiger partial charge in [-0.25, -0.2) is 0 Å². The summed E-state index contributed by atoms with van der Waals surface area (Å²) in [5, 5.41) is 59.3. The molecule has 3 aromatic rings. The monoisotopic (exact) mass is 359 g/mol. The minimum absolute atomic E-state index is 0.130. The zero-order valence-electron chi connectivity index (χ0n) is 12.8. The summed E-state index contributed by atoms with van der Waals surface area (Å²) in [5.74, 6) is -1.05. The molecular formula is C18H15O6S+. The first-order valence-corrected chi connectivity index (χ1v) is 8.39. The number of phenolic OH excluding ortho intramolecular Hbond substituents is 6. The maximum Gasteiger partial charge on any atom is 0.208 e. The van der Waals surface area contributed by atoms with Crippen molar-refractivity contribution in [2.75, 3.05) is 0 Å². The first-order chi connectivity index (χ1) is 11.9. The Bertz CT molecular complexity index is 818. The Morgan fingerprint density at radius 3 is 0.960 bits per heavy atom. The molecule has 0 saturated carbocycles. The third kappa shape index (κ3) is 3.22. The molecule has 0 atom stereocenters. The normalized spacial score (nSPS) is 10.9. The van der Waals surface area contributed by atoms with Gasteiger partial charge in [0.2, 0.25) is 14.7 Å². The second-order valence-corrected chi connectivity index (χ2v) is 7.19. The fourth-order valence-electron chi connectivity index (χ4n) is 2.39. The van der Waals surface area contributed by atoms with Crippen molar-refractivity contribution in [1.29, 1.82) is 0 Å². The van der Waals surface area contributed by atoms with Gasteiger partial charge in [-0.2, -0.15) is 0 Å². The van der Waals surface area contributed by atoms with Gasteiger partial charge in [0.1, 0.15) is 28.1 Å². The Labute approximate surface area is 145 Å². The van der Waals surface area contributed by atoms with E-state index < -0.39 is 10.9 Å².